The van der Waals surface area contributed by atoms with E-state index in [1.165, 1.54) is 0 Å². The number of nitrogens with zero attached hydrogens (tertiary/aromatic N) is 2. The Kier molecular flexibility index (Phi) is 5.04. The molecule has 1 aromatic carbocycles. The minimum Gasteiger partial charge on any atom is -0.380 e. The monoisotopic (exact) mass is 281 g/mol. The van der Waals surface area contributed by atoms with Crippen molar-refractivity contribution in [1.82, 2.24) is 4.90 Å². The molecule has 1 heterocycles. The molecule has 104 valence electrons. The Morgan fingerprint density at radius 1 is 1.42 bits per heavy atom. The molecule has 0 saturated carbocycles. The van der Waals surface area contributed by atoms with Crippen LogP contribution in [0.4, 0.5) is 11.4 Å². The highest BCUT2D eigenvalue weighted by atomic mass is 32.2. The van der Waals surface area contributed by atoms with E-state index in [0.717, 1.165) is 36.7 Å². The van der Waals surface area contributed by atoms with Gasteiger partial charge in [-0.25, -0.2) is 0 Å². The van der Waals surface area contributed by atoms with Gasteiger partial charge in [-0.3, -0.25) is 15.0 Å². The minimum absolute atomic E-state index is 0.172. The van der Waals surface area contributed by atoms with Crippen molar-refractivity contribution in [3.8, 4) is 0 Å². The molecule has 0 aromatic heterocycles. The lowest BCUT2D eigenvalue weighted by Crippen LogP contribution is -2.32. The number of nitro benzene ring substituents is 1. The lowest BCUT2D eigenvalue weighted by molar-refractivity contribution is -0.384. The van der Waals surface area contributed by atoms with Crippen molar-refractivity contribution in [2.75, 3.05) is 36.5 Å². The molecule has 0 unspecified atom stereocenters. The Bertz CT molecular complexity index is 448. The number of nitro groups is 1. The maximum atomic E-state index is 11.1. The van der Waals surface area contributed by atoms with Gasteiger partial charge in [0.25, 0.3) is 5.69 Å². The average molecular weight is 281 g/mol. The van der Waals surface area contributed by atoms with Crippen LogP contribution in [-0.2, 0) is 6.54 Å². The van der Waals surface area contributed by atoms with Gasteiger partial charge in [0, 0.05) is 43.8 Å². The summed E-state index contributed by atoms with van der Waals surface area (Å²) < 4.78 is 0. The number of nitrogens with one attached hydrogen (secondary N) is 1. The first-order valence-corrected chi connectivity index (χ1v) is 7.68. The van der Waals surface area contributed by atoms with Gasteiger partial charge in [0.15, 0.2) is 0 Å². The molecule has 6 heteroatoms. The normalized spacial score (nSPS) is 16.3. The number of hydrogen-bond donors (Lipinski definition) is 1. The van der Waals surface area contributed by atoms with Crippen LogP contribution < -0.4 is 5.32 Å². The average Bonchev–Trinajstić information content (AvgIpc) is 2.42. The summed E-state index contributed by atoms with van der Waals surface area (Å²) in [6, 6.07) is 5.31. The molecule has 1 aliphatic heterocycles. The number of rotatable bonds is 5. The zero-order valence-electron chi connectivity index (χ0n) is 11.1. The molecule has 2 rings (SSSR count). The summed E-state index contributed by atoms with van der Waals surface area (Å²) >= 11 is 1.97. The number of hydrogen-bond acceptors (Lipinski definition) is 5. The van der Waals surface area contributed by atoms with Gasteiger partial charge in [-0.2, -0.15) is 11.8 Å². The smallest absolute Gasteiger partial charge is 0.292 e. The highest BCUT2D eigenvalue weighted by molar-refractivity contribution is 7.99. The van der Waals surface area contributed by atoms with Crippen LogP contribution in [0, 0.1) is 10.1 Å². The molecule has 1 aromatic rings. The van der Waals surface area contributed by atoms with Crippen molar-refractivity contribution < 1.29 is 4.92 Å². The van der Waals surface area contributed by atoms with Crippen LogP contribution in [0.1, 0.15) is 12.5 Å². The standard InChI is InChI=1S/C13H19N3O2S/c1-2-14-13-11(4-3-5-12(13)16(17)18)10-15-6-8-19-9-7-15/h3-5,14H,2,6-10H2,1H3. The summed E-state index contributed by atoms with van der Waals surface area (Å²) in [5.41, 5.74) is 1.86. The van der Waals surface area contributed by atoms with Crippen LogP contribution in [0.3, 0.4) is 0 Å². The highest BCUT2D eigenvalue weighted by Gasteiger charge is 2.19. The maximum absolute atomic E-state index is 11.1. The van der Waals surface area contributed by atoms with Crippen LogP contribution in [0.25, 0.3) is 0 Å². The van der Waals surface area contributed by atoms with Crippen molar-refractivity contribution in [3.63, 3.8) is 0 Å². The van der Waals surface area contributed by atoms with Gasteiger partial charge in [-0.15, -0.1) is 0 Å². The van der Waals surface area contributed by atoms with Crippen LogP contribution in [0.2, 0.25) is 0 Å². The molecule has 1 N–H and O–H groups in total. The number of anilines is 1. The summed E-state index contributed by atoms with van der Waals surface area (Å²) in [5.74, 6) is 2.29. The fraction of sp³-hybridized carbons (Fsp3) is 0.538. The fourth-order valence-corrected chi connectivity index (χ4v) is 3.23. The molecule has 0 bridgehead atoms. The second-order valence-corrected chi connectivity index (χ2v) is 5.71. The molecule has 1 aliphatic rings. The first-order valence-electron chi connectivity index (χ1n) is 6.52. The van der Waals surface area contributed by atoms with Crippen LogP contribution in [0.15, 0.2) is 18.2 Å². The lowest BCUT2D eigenvalue weighted by Gasteiger charge is -2.27. The third kappa shape index (κ3) is 3.61. The van der Waals surface area contributed by atoms with Crippen molar-refractivity contribution >= 4 is 23.1 Å². The van der Waals surface area contributed by atoms with E-state index in [-0.39, 0.29) is 10.6 Å². The van der Waals surface area contributed by atoms with Crippen LogP contribution in [-0.4, -0.2) is 41.0 Å². The first kappa shape index (κ1) is 14.1. The molecule has 0 amide bonds. The molecule has 19 heavy (non-hydrogen) atoms. The van der Waals surface area contributed by atoms with E-state index in [1.807, 2.05) is 24.8 Å². The second kappa shape index (κ2) is 6.77. The summed E-state index contributed by atoms with van der Waals surface area (Å²) in [4.78, 5) is 13.1. The summed E-state index contributed by atoms with van der Waals surface area (Å²) in [6.45, 7) is 5.54. The van der Waals surface area contributed by atoms with Crippen molar-refractivity contribution in [2.24, 2.45) is 0 Å². The molecule has 1 fully saturated rings. The molecule has 0 atom stereocenters. The third-order valence-corrected chi connectivity index (χ3v) is 4.12. The summed E-state index contributed by atoms with van der Waals surface area (Å²) in [5, 5.41) is 14.2. The van der Waals surface area contributed by atoms with Gasteiger partial charge in [-0.1, -0.05) is 12.1 Å². The zero-order valence-corrected chi connectivity index (χ0v) is 11.9. The molecule has 0 radical (unpaired) electrons. The van der Waals surface area contributed by atoms with Crippen molar-refractivity contribution in [3.05, 3.63) is 33.9 Å². The Morgan fingerprint density at radius 2 is 2.16 bits per heavy atom. The predicted molar refractivity (Wildman–Crippen MR) is 79.9 cm³/mol. The number of benzene rings is 1. The van der Waals surface area contributed by atoms with Crippen LogP contribution in [0.5, 0.6) is 0 Å². The fourth-order valence-electron chi connectivity index (χ4n) is 2.25. The van der Waals surface area contributed by atoms with E-state index in [9.17, 15) is 10.1 Å². The SMILES string of the molecule is CCNc1c(CN2CCSCC2)cccc1[N+](=O)[O-]. The molecular weight excluding hydrogens is 262 g/mol. The van der Waals surface area contributed by atoms with E-state index < -0.39 is 0 Å². The zero-order chi connectivity index (χ0) is 13.7. The van der Waals surface area contributed by atoms with E-state index >= 15 is 0 Å². The highest BCUT2D eigenvalue weighted by Crippen LogP contribution is 2.29. The van der Waals surface area contributed by atoms with Gasteiger partial charge in [0.2, 0.25) is 0 Å². The van der Waals surface area contributed by atoms with E-state index in [2.05, 4.69) is 10.2 Å². The van der Waals surface area contributed by atoms with Crippen molar-refractivity contribution in [2.45, 2.75) is 13.5 Å². The Hall–Kier alpha value is -1.27. The topological polar surface area (TPSA) is 58.4 Å². The summed E-state index contributed by atoms with van der Waals surface area (Å²) in [7, 11) is 0. The Balaban J connectivity index is 2.22. The van der Waals surface area contributed by atoms with E-state index in [0.29, 0.717) is 12.2 Å². The number of para-hydroxylation sites is 1. The maximum Gasteiger partial charge on any atom is 0.292 e. The van der Waals surface area contributed by atoms with Gasteiger partial charge in [0.05, 0.1) is 4.92 Å². The van der Waals surface area contributed by atoms with E-state index in [1.54, 1.807) is 12.1 Å². The first-order chi connectivity index (χ1) is 9.22. The third-order valence-electron chi connectivity index (χ3n) is 3.18. The van der Waals surface area contributed by atoms with Crippen molar-refractivity contribution in [1.29, 1.82) is 0 Å². The largest absolute Gasteiger partial charge is 0.380 e. The quantitative estimate of drug-likeness (QED) is 0.664. The van der Waals surface area contributed by atoms with Gasteiger partial charge in [-0.05, 0) is 12.5 Å². The van der Waals surface area contributed by atoms with Gasteiger partial charge < -0.3 is 5.32 Å². The predicted octanol–water partition coefficient (Wildman–Crippen LogP) is 2.58. The Morgan fingerprint density at radius 3 is 2.79 bits per heavy atom. The number of thioether (sulfide) groups is 1. The molecule has 5 nitrogen and oxygen atoms in total. The van der Waals surface area contributed by atoms with E-state index in [4.69, 9.17) is 0 Å². The molecule has 0 spiro atoms. The van der Waals surface area contributed by atoms with Gasteiger partial charge >= 0.3 is 0 Å². The molecule has 1 saturated heterocycles. The summed E-state index contributed by atoms with van der Waals surface area (Å²) in [6.07, 6.45) is 0. The lowest BCUT2D eigenvalue weighted by atomic mass is 10.1. The molecular formula is C13H19N3O2S. The Labute approximate surface area is 117 Å². The van der Waals surface area contributed by atoms with Crippen LogP contribution >= 0.6 is 11.8 Å². The van der Waals surface area contributed by atoms with Gasteiger partial charge in [0.1, 0.15) is 5.69 Å². The second-order valence-electron chi connectivity index (χ2n) is 4.49. The molecule has 0 aliphatic carbocycles. The minimum atomic E-state index is -0.312.